The molecular weight excluding hydrogens is 140 g/mol. The van der Waals surface area contributed by atoms with Crippen molar-refractivity contribution in [2.24, 2.45) is 0 Å². The Labute approximate surface area is 65.0 Å². The number of rotatable bonds is 0. The molecule has 3 heteroatoms. The van der Waals surface area contributed by atoms with E-state index in [0.29, 0.717) is 0 Å². The Morgan fingerprint density at radius 3 is 3.18 bits per heavy atom. The van der Waals surface area contributed by atoms with Gasteiger partial charge in [0.15, 0.2) is 0 Å². The second kappa shape index (κ2) is 2.12. The van der Waals surface area contributed by atoms with E-state index in [1.54, 1.807) is 11.1 Å². The van der Waals surface area contributed by atoms with Crippen molar-refractivity contribution >= 4 is 5.91 Å². The second-order valence-electron chi connectivity index (χ2n) is 2.87. The lowest BCUT2D eigenvalue weighted by Gasteiger charge is -2.21. The molecular formula is C8H10N2O. The summed E-state index contributed by atoms with van der Waals surface area (Å²) in [6, 6.07) is 0. The highest BCUT2D eigenvalue weighted by Crippen LogP contribution is 2.16. The average molecular weight is 150 g/mol. The van der Waals surface area contributed by atoms with Crippen LogP contribution in [0.15, 0.2) is 12.4 Å². The Hall–Kier alpha value is -1.25. The van der Waals surface area contributed by atoms with Crippen LogP contribution < -0.4 is 0 Å². The molecule has 0 radical (unpaired) electrons. The van der Waals surface area contributed by atoms with Crippen molar-refractivity contribution in [3.05, 3.63) is 23.5 Å². The van der Waals surface area contributed by atoms with Crippen LogP contribution in [0.5, 0.6) is 0 Å². The molecule has 0 saturated heterocycles. The summed E-state index contributed by atoms with van der Waals surface area (Å²) >= 11 is 0. The van der Waals surface area contributed by atoms with Crippen molar-refractivity contribution in [2.45, 2.75) is 6.42 Å². The number of H-pyrrole nitrogens is 1. The maximum Gasteiger partial charge on any atom is 0.255 e. The van der Waals surface area contributed by atoms with Crippen molar-refractivity contribution < 1.29 is 4.79 Å². The van der Waals surface area contributed by atoms with Gasteiger partial charge in [-0.15, -0.1) is 0 Å². The minimum atomic E-state index is 0.132. The molecule has 0 atom stereocenters. The lowest BCUT2D eigenvalue weighted by atomic mass is 10.1. The van der Waals surface area contributed by atoms with E-state index in [0.717, 1.165) is 24.1 Å². The number of nitrogens with one attached hydrogen (secondary N) is 1. The fraction of sp³-hybridized carbons (Fsp3) is 0.375. The maximum atomic E-state index is 11.4. The van der Waals surface area contributed by atoms with E-state index >= 15 is 0 Å². The van der Waals surface area contributed by atoms with Crippen molar-refractivity contribution in [2.75, 3.05) is 13.6 Å². The number of aromatic nitrogens is 1. The standard InChI is InChI=1S/C8H10N2O/c1-10-3-2-6-4-9-5-7(6)8(10)11/h4-5,9H,2-3H2,1H3. The third-order valence-electron chi connectivity index (χ3n) is 2.12. The Bertz CT molecular complexity index is 290. The highest BCUT2D eigenvalue weighted by Gasteiger charge is 2.21. The van der Waals surface area contributed by atoms with Crippen LogP contribution in [0.25, 0.3) is 0 Å². The van der Waals surface area contributed by atoms with Crippen molar-refractivity contribution in [1.82, 2.24) is 9.88 Å². The molecule has 3 nitrogen and oxygen atoms in total. The number of nitrogens with zero attached hydrogens (tertiary/aromatic N) is 1. The van der Waals surface area contributed by atoms with Gasteiger partial charge in [0, 0.05) is 26.0 Å². The van der Waals surface area contributed by atoms with Crippen LogP contribution in [-0.4, -0.2) is 29.4 Å². The number of hydrogen-bond acceptors (Lipinski definition) is 1. The molecule has 1 aromatic rings. The fourth-order valence-corrected chi connectivity index (χ4v) is 1.40. The number of fused-ring (bicyclic) bond motifs is 1. The fourth-order valence-electron chi connectivity index (χ4n) is 1.40. The SMILES string of the molecule is CN1CCc2c[nH]cc2C1=O. The summed E-state index contributed by atoms with van der Waals surface area (Å²) in [6.07, 6.45) is 4.65. The van der Waals surface area contributed by atoms with Crippen molar-refractivity contribution in [3.8, 4) is 0 Å². The average Bonchev–Trinajstić information content (AvgIpc) is 2.45. The molecule has 0 aromatic carbocycles. The third kappa shape index (κ3) is 0.843. The molecule has 2 rings (SSSR count). The first kappa shape index (κ1) is 6.46. The first-order chi connectivity index (χ1) is 5.29. The molecule has 1 aliphatic heterocycles. The van der Waals surface area contributed by atoms with Gasteiger partial charge < -0.3 is 9.88 Å². The van der Waals surface area contributed by atoms with Gasteiger partial charge in [0.2, 0.25) is 0 Å². The number of aromatic amines is 1. The molecule has 0 aliphatic carbocycles. The summed E-state index contributed by atoms with van der Waals surface area (Å²) < 4.78 is 0. The Morgan fingerprint density at radius 1 is 1.55 bits per heavy atom. The number of likely N-dealkylation sites (N-methyl/N-ethyl adjacent to an activating group) is 1. The Balaban J connectivity index is 2.46. The first-order valence-corrected chi connectivity index (χ1v) is 3.70. The van der Waals surface area contributed by atoms with Crippen LogP contribution >= 0.6 is 0 Å². The minimum Gasteiger partial charge on any atom is -0.367 e. The Kier molecular flexibility index (Phi) is 1.24. The van der Waals surface area contributed by atoms with Gasteiger partial charge >= 0.3 is 0 Å². The predicted octanol–water partition coefficient (Wildman–Crippen LogP) is 0.643. The molecule has 2 heterocycles. The quantitative estimate of drug-likeness (QED) is 0.579. The van der Waals surface area contributed by atoms with Crippen LogP contribution in [0.3, 0.4) is 0 Å². The van der Waals surface area contributed by atoms with Gasteiger partial charge in [0.25, 0.3) is 5.91 Å². The van der Waals surface area contributed by atoms with Gasteiger partial charge in [-0.05, 0) is 12.0 Å². The number of carbonyl (C=O) groups is 1. The molecule has 58 valence electrons. The molecule has 0 fully saturated rings. The largest absolute Gasteiger partial charge is 0.367 e. The van der Waals surface area contributed by atoms with Gasteiger partial charge in [-0.25, -0.2) is 0 Å². The summed E-state index contributed by atoms with van der Waals surface area (Å²) in [5.74, 6) is 0.132. The van der Waals surface area contributed by atoms with Crippen molar-refractivity contribution in [3.63, 3.8) is 0 Å². The second-order valence-corrected chi connectivity index (χ2v) is 2.87. The molecule has 11 heavy (non-hydrogen) atoms. The number of amides is 1. The summed E-state index contributed by atoms with van der Waals surface area (Å²) in [6.45, 7) is 0.837. The topological polar surface area (TPSA) is 36.1 Å². The van der Waals surface area contributed by atoms with E-state index < -0.39 is 0 Å². The zero-order valence-electron chi connectivity index (χ0n) is 6.42. The highest BCUT2D eigenvalue weighted by molar-refractivity contribution is 5.96. The lowest BCUT2D eigenvalue weighted by molar-refractivity contribution is 0.0781. The molecule has 1 aromatic heterocycles. The van der Waals surface area contributed by atoms with Gasteiger partial charge in [0.05, 0.1) is 5.56 Å². The third-order valence-corrected chi connectivity index (χ3v) is 2.12. The zero-order valence-corrected chi connectivity index (χ0v) is 6.42. The van der Waals surface area contributed by atoms with E-state index in [9.17, 15) is 4.79 Å². The molecule has 0 spiro atoms. The smallest absolute Gasteiger partial charge is 0.255 e. The molecule has 0 saturated carbocycles. The zero-order chi connectivity index (χ0) is 7.84. The van der Waals surface area contributed by atoms with E-state index in [-0.39, 0.29) is 5.91 Å². The summed E-state index contributed by atoms with van der Waals surface area (Å²) in [5, 5.41) is 0. The van der Waals surface area contributed by atoms with Crippen LogP contribution in [0, 0.1) is 0 Å². The summed E-state index contributed by atoms with van der Waals surface area (Å²) in [5.41, 5.74) is 1.98. The molecule has 1 N–H and O–H groups in total. The van der Waals surface area contributed by atoms with E-state index in [1.165, 1.54) is 0 Å². The summed E-state index contributed by atoms with van der Waals surface area (Å²) in [7, 11) is 1.83. The normalized spacial score (nSPS) is 16.8. The van der Waals surface area contributed by atoms with Gasteiger partial charge in [-0.1, -0.05) is 0 Å². The van der Waals surface area contributed by atoms with E-state index in [2.05, 4.69) is 4.98 Å². The van der Waals surface area contributed by atoms with Gasteiger partial charge in [-0.2, -0.15) is 0 Å². The van der Waals surface area contributed by atoms with Crippen LogP contribution in [0.4, 0.5) is 0 Å². The van der Waals surface area contributed by atoms with Crippen LogP contribution in [-0.2, 0) is 6.42 Å². The van der Waals surface area contributed by atoms with E-state index in [4.69, 9.17) is 0 Å². The Morgan fingerprint density at radius 2 is 2.36 bits per heavy atom. The molecule has 0 unspecified atom stereocenters. The number of carbonyl (C=O) groups excluding carboxylic acids is 1. The monoisotopic (exact) mass is 150 g/mol. The van der Waals surface area contributed by atoms with Crippen LogP contribution in [0.1, 0.15) is 15.9 Å². The van der Waals surface area contributed by atoms with Crippen molar-refractivity contribution in [1.29, 1.82) is 0 Å². The summed E-state index contributed by atoms with van der Waals surface area (Å²) in [4.78, 5) is 16.1. The highest BCUT2D eigenvalue weighted by atomic mass is 16.2. The van der Waals surface area contributed by atoms with Crippen LogP contribution in [0.2, 0.25) is 0 Å². The molecule has 1 aliphatic rings. The van der Waals surface area contributed by atoms with Gasteiger partial charge in [-0.3, -0.25) is 4.79 Å². The molecule has 1 amide bonds. The van der Waals surface area contributed by atoms with Gasteiger partial charge in [0.1, 0.15) is 0 Å². The predicted molar refractivity (Wildman–Crippen MR) is 41.5 cm³/mol. The van der Waals surface area contributed by atoms with E-state index in [1.807, 2.05) is 13.2 Å². The lowest BCUT2D eigenvalue weighted by Crippen LogP contribution is -2.33. The maximum absolute atomic E-state index is 11.4. The minimum absolute atomic E-state index is 0.132. The number of hydrogen-bond donors (Lipinski definition) is 1. The molecule has 0 bridgehead atoms. The first-order valence-electron chi connectivity index (χ1n) is 3.70.